The van der Waals surface area contributed by atoms with Crippen LogP contribution >= 0.6 is 0 Å². The molecule has 7 aliphatic rings. The zero-order valence-electron chi connectivity index (χ0n) is 34.1. The van der Waals surface area contributed by atoms with Crippen LogP contribution in [0, 0.1) is 50.7 Å². The maximum atomic E-state index is 11.9. The molecule has 0 amide bonds. The van der Waals surface area contributed by atoms with Crippen LogP contribution in [0.3, 0.4) is 0 Å². The maximum absolute atomic E-state index is 11.9. The van der Waals surface area contributed by atoms with Crippen LogP contribution in [-0.4, -0.2) is 162 Å². The topological polar surface area (TPSA) is 259 Å². The number of ether oxygens (including phenoxy) is 4. The lowest BCUT2D eigenvalue weighted by atomic mass is 9.41. The first-order valence-corrected chi connectivity index (χ1v) is 21.3. The Morgan fingerprint density at radius 1 is 0.737 bits per heavy atom. The minimum absolute atomic E-state index is 0.00534. The van der Waals surface area contributed by atoms with Gasteiger partial charge in [-0.05, 0) is 104 Å². The highest BCUT2D eigenvalue weighted by Gasteiger charge is 2.83. The van der Waals surface area contributed by atoms with Gasteiger partial charge >= 0.3 is 0 Å². The molecule has 5 saturated carbocycles. The molecule has 15 nitrogen and oxygen atoms in total. The number of aliphatic hydroxyl groups is 11. The number of rotatable bonds is 12. The van der Waals surface area contributed by atoms with Crippen LogP contribution in [0.2, 0.25) is 0 Å². The molecule has 15 heteroatoms. The van der Waals surface area contributed by atoms with Crippen LogP contribution in [0.4, 0.5) is 0 Å². The van der Waals surface area contributed by atoms with Crippen LogP contribution in [0.5, 0.6) is 0 Å². The third-order valence-electron chi connectivity index (χ3n) is 17.7. The highest BCUT2D eigenvalue weighted by Crippen LogP contribution is 2.89. The van der Waals surface area contributed by atoms with E-state index in [2.05, 4.69) is 20.4 Å². The van der Waals surface area contributed by atoms with Crippen molar-refractivity contribution in [2.75, 3.05) is 19.8 Å². The normalized spacial score (nSPS) is 54.8. The summed E-state index contributed by atoms with van der Waals surface area (Å²) in [6.45, 7) is 13.0. The van der Waals surface area contributed by atoms with Crippen molar-refractivity contribution in [2.45, 2.75) is 178 Å². The van der Waals surface area contributed by atoms with Crippen LogP contribution < -0.4 is 0 Å². The van der Waals surface area contributed by atoms with Crippen molar-refractivity contribution in [1.29, 1.82) is 0 Å². The molecule has 2 saturated heterocycles. The third kappa shape index (κ3) is 6.55. The Kier molecular flexibility index (Phi) is 12.0. The van der Waals surface area contributed by atoms with Gasteiger partial charge in [0.15, 0.2) is 12.6 Å². The lowest BCUT2D eigenvalue weighted by Gasteiger charge is -2.64. The summed E-state index contributed by atoms with van der Waals surface area (Å²) in [5.74, 6) is -0.144. The van der Waals surface area contributed by atoms with E-state index in [1.54, 1.807) is 6.92 Å². The Morgan fingerprint density at radius 3 is 1.89 bits per heavy atom. The molecule has 7 rings (SSSR count). The van der Waals surface area contributed by atoms with Crippen LogP contribution in [-0.2, 0) is 18.9 Å². The summed E-state index contributed by atoms with van der Waals surface area (Å²) in [5, 5.41) is 118. The Bertz CT molecular complexity index is 1470. The molecule has 0 aromatic carbocycles. The van der Waals surface area contributed by atoms with Crippen molar-refractivity contribution < 1.29 is 75.1 Å². The lowest BCUT2D eigenvalue weighted by molar-refractivity contribution is -0.340. The van der Waals surface area contributed by atoms with Crippen molar-refractivity contribution in [2.24, 2.45) is 50.7 Å². The zero-order valence-corrected chi connectivity index (χ0v) is 34.1. The predicted molar refractivity (Wildman–Crippen MR) is 202 cm³/mol. The van der Waals surface area contributed by atoms with Gasteiger partial charge in [-0.15, -0.1) is 0 Å². The number of hydrogen-bond acceptors (Lipinski definition) is 15. The predicted octanol–water partition coefficient (Wildman–Crippen LogP) is -0.298. The largest absolute Gasteiger partial charge is 0.394 e. The van der Waals surface area contributed by atoms with Crippen molar-refractivity contribution in [3.8, 4) is 0 Å². The van der Waals surface area contributed by atoms with Crippen LogP contribution in [0.25, 0.3) is 0 Å². The fourth-order valence-electron chi connectivity index (χ4n) is 14.3. The second-order valence-electron chi connectivity index (χ2n) is 20.2. The number of hydrogen-bond donors (Lipinski definition) is 11. The first-order chi connectivity index (χ1) is 26.7. The van der Waals surface area contributed by atoms with Gasteiger partial charge in [0.2, 0.25) is 0 Å². The second-order valence-corrected chi connectivity index (χ2v) is 20.2. The monoisotopic (exact) mass is 814 g/mol. The minimum Gasteiger partial charge on any atom is -0.394 e. The summed E-state index contributed by atoms with van der Waals surface area (Å²) in [6.07, 6.45) is -11.1. The van der Waals surface area contributed by atoms with E-state index in [1.807, 2.05) is 13.8 Å². The van der Waals surface area contributed by atoms with Crippen molar-refractivity contribution in [3.05, 3.63) is 12.2 Å². The van der Waals surface area contributed by atoms with E-state index >= 15 is 0 Å². The molecule has 0 unspecified atom stereocenters. The van der Waals surface area contributed by atoms with Crippen LogP contribution in [0.1, 0.15) is 92.4 Å². The minimum atomic E-state index is -1.63. The van der Waals surface area contributed by atoms with Gasteiger partial charge in [0.25, 0.3) is 0 Å². The fraction of sp³-hybridized carbons (Fsp3) is 0.952. The average molecular weight is 815 g/mol. The Balaban J connectivity index is 1.17. The standard InChI is InChI=1S/C42H70O15/c1-19(2)21(45)13-22(46)20(3)29-23(47)14-40(6)27-8-7-26-38(4,18-54-36-34(52)32(50)30(48)24(15-43)55-36)28(57-37-35(53)33(51)31(49)25(16-44)56-37)9-10-41(26)17-42(27,41)12-11-39(29,40)5/h20-37,43-53H,1,7-18H2,2-6H3/t20-,21-,22+,23+,24-,25-,26+,27+,28+,29+,30-,31+,32+,33+,34-,35-,36-,37+,38+,39-,40+,41-,42+/m1/s1. The first kappa shape index (κ1) is 44.2. The SMILES string of the molecule is C=C(C)[C@H](O)C[C@H](O)[C@@H](C)[C@H]1[C@@H](O)C[C@@]2(C)[C@@H]3CC[C@H]4[C@](C)(CO[C@@H]5O[C@H](CO)[C@@H](O)[C@H](O)[C@H]5O)[C@@H](O[C@@H]5O[C@H](CO)[C@H](O)[C@H](O)[C@H]5O)CC[C@@]45C[C@@]35CC[C@]12C. The van der Waals surface area contributed by atoms with E-state index in [4.69, 9.17) is 18.9 Å². The molecule has 328 valence electrons. The Morgan fingerprint density at radius 2 is 1.30 bits per heavy atom. The molecule has 0 aromatic rings. The molecule has 7 fully saturated rings. The zero-order chi connectivity index (χ0) is 41.8. The highest BCUT2D eigenvalue weighted by molar-refractivity contribution is 5.31. The van der Waals surface area contributed by atoms with Gasteiger partial charge in [-0.1, -0.05) is 39.8 Å². The van der Waals surface area contributed by atoms with Gasteiger partial charge in [-0.3, -0.25) is 0 Å². The molecule has 2 spiro atoms. The molecule has 2 aliphatic heterocycles. The summed E-state index contributed by atoms with van der Waals surface area (Å²) in [6, 6.07) is 0. The smallest absolute Gasteiger partial charge is 0.186 e. The van der Waals surface area contributed by atoms with Gasteiger partial charge < -0.3 is 75.1 Å². The van der Waals surface area contributed by atoms with E-state index in [0.29, 0.717) is 18.4 Å². The van der Waals surface area contributed by atoms with Gasteiger partial charge in [0.05, 0.1) is 44.2 Å². The lowest BCUT2D eigenvalue weighted by Crippen LogP contribution is -2.63. The van der Waals surface area contributed by atoms with Crippen molar-refractivity contribution >= 4 is 0 Å². The van der Waals surface area contributed by atoms with E-state index in [9.17, 15) is 56.2 Å². The first-order valence-electron chi connectivity index (χ1n) is 21.3. The van der Waals surface area contributed by atoms with E-state index in [0.717, 1.165) is 38.5 Å². The van der Waals surface area contributed by atoms with Crippen molar-refractivity contribution in [1.82, 2.24) is 0 Å². The highest BCUT2D eigenvalue weighted by atomic mass is 16.7. The summed E-state index contributed by atoms with van der Waals surface area (Å²) in [7, 11) is 0. The van der Waals surface area contributed by atoms with Gasteiger partial charge in [-0.2, -0.15) is 0 Å². The summed E-state index contributed by atoms with van der Waals surface area (Å²) in [5.41, 5.74) is -0.923. The van der Waals surface area contributed by atoms with Gasteiger partial charge in [-0.25, -0.2) is 0 Å². The Labute approximate surface area is 335 Å². The quantitative estimate of drug-likeness (QED) is 0.0894. The van der Waals surface area contributed by atoms with Crippen LogP contribution in [0.15, 0.2) is 12.2 Å². The van der Waals surface area contributed by atoms with E-state index in [1.165, 1.54) is 0 Å². The molecule has 23 atom stereocenters. The van der Waals surface area contributed by atoms with E-state index < -0.39 is 104 Å². The van der Waals surface area contributed by atoms with Crippen molar-refractivity contribution in [3.63, 3.8) is 0 Å². The van der Waals surface area contributed by atoms with E-state index in [-0.39, 0.29) is 58.4 Å². The molecule has 2 heterocycles. The fourth-order valence-corrected chi connectivity index (χ4v) is 14.3. The van der Waals surface area contributed by atoms with Gasteiger partial charge in [0, 0.05) is 11.8 Å². The number of fused-ring (bicyclic) bond motifs is 2. The second kappa shape index (κ2) is 15.5. The Hall–Kier alpha value is -0.860. The summed E-state index contributed by atoms with van der Waals surface area (Å²) in [4.78, 5) is 0. The third-order valence-corrected chi connectivity index (χ3v) is 17.7. The molecule has 0 radical (unpaired) electrons. The molecule has 11 N–H and O–H groups in total. The molecule has 0 bridgehead atoms. The molecule has 57 heavy (non-hydrogen) atoms. The van der Waals surface area contributed by atoms with Gasteiger partial charge in [0.1, 0.15) is 48.8 Å². The molecule has 0 aromatic heterocycles. The molecule has 5 aliphatic carbocycles. The summed E-state index contributed by atoms with van der Waals surface area (Å²) < 4.78 is 24.5. The maximum Gasteiger partial charge on any atom is 0.186 e. The molecular formula is C42H70O15. The molecular weight excluding hydrogens is 744 g/mol. The number of aliphatic hydroxyl groups excluding tert-OH is 11. The summed E-state index contributed by atoms with van der Waals surface area (Å²) >= 11 is 0. The average Bonchev–Trinajstić information content (AvgIpc) is 3.78.